The molecule has 4 atom stereocenters. The maximum Gasteiger partial charge on any atom is 0.125 e. The van der Waals surface area contributed by atoms with Crippen LogP contribution in [0.1, 0.15) is 74.9 Å². The zero-order valence-corrected chi connectivity index (χ0v) is 21.9. The Morgan fingerprint density at radius 2 is 0.882 bits per heavy atom. The van der Waals surface area contributed by atoms with Crippen LogP contribution in [0.4, 0.5) is 0 Å². The molecule has 4 unspecified atom stereocenters. The van der Waals surface area contributed by atoms with Crippen LogP contribution >= 0.6 is 0 Å². The lowest BCUT2D eigenvalue weighted by molar-refractivity contribution is 0.257. The number of ether oxygens (including phenoxy) is 4. The minimum Gasteiger partial charge on any atom is -0.490 e. The van der Waals surface area contributed by atoms with Gasteiger partial charge in [0, 0.05) is 0 Å². The summed E-state index contributed by atoms with van der Waals surface area (Å²) < 4.78 is 23.6. The molecule has 0 spiro atoms. The Bertz CT molecular complexity index is 852. The van der Waals surface area contributed by atoms with Gasteiger partial charge in [-0.25, -0.2) is 0 Å². The van der Waals surface area contributed by atoms with Gasteiger partial charge < -0.3 is 18.9 Å². The lowest BCUT2D eigenvalue weighted by atomic mass is 9.94. The number of benzene rings is 2. The van der Waals surface area contributed by atoms with Crippen LogP contribution in [0, 0.1) is 0 Å². The number of epoxide rings is 2. The first-order valence-electron chi connectivity index (χ1n) is 13.3. The van der Waals surface area contributed by atoms with Crippen molar-refractivity contribution < 1.29 is 18.9 Å². The van der Waals surface area contributed by atoms with E-state index in [9.17, 15) is 0 Å². The molecule has 4 rings (SSSR count). The van der Waals surface area contributed by atoms with Gasteiger partial charge in [-0.15, -0.1) is 0 Å². The molecule has 2 heterocycles. The van der Waals surface area contributed by atoms with Crippen LogP contribution in [0.25, 0.3) is 0 Å². The van der Waals surface area contributed by atoms with Gasteiger partial charge in [0.1, 0.15) is 36.9 Å². The van der Waals surface area contributed by atoms with Gasteiger partial charge >= 0.3 is 0 Å². The van der Waals surface area contributed by atoms with Gasteiger partial charge in [-0.1, -0.05) is 52.0 Å². The molecule has 0 amide bonds. The molecule has 0 N–H and O–H groups in total. The fourth-order valence-electron chi connectivity index (χ4n) is 4.79. The van der Waals surface area contributed by atoms with Gasteiger partial charge in [0.25, 0.3) is 0 Å². The summed E-state index contributed by atoms with van der Waals surface area (Å²) in [4.78, 5) is 0. The molecule has 0 bridgehead atoms. The first kappa shape index (κ1) is 25.1. The summed E-state index contributed by atoms with van der Waals surface area (Å²) in [6.45, 7) is 14.4. The van der Waals surface area contributed by atoms with E-state index in [1.165, 1.54) is 33.4 Å². The highest BCUT2D eigenvalue weighted by molar-refractivity contribution is 5.47. The highest BCUT2D eigenvalue weighted by Crippen LogP contribution is 2.32. The molecule has 2 aromatic carbocycles. The Morgan fingerprint density at radius 3 is 1.12 bits per heavy atom. The van der Waals surface area contributed by atoms with Crippen molar-refractivity contribution in [2.75, 3.05) is 13.2 Å². The predicted molar refractivity (Wildman–Crippen MR) is 137 cm³/mol. The van der Waals surface area contributed by atoms with Crippen LogP contribution in [0.15, 0.2) is 24.3 Å². The molecule has 4 nitrogen and oxygen atoms in total. The van der Waals surface area contributed by atoms with E-state index in [0.29, 0.717) is 25.4 Å². The van der Waals surface area contributed by atoms with Crippen molar-refractivity contribution in [3.8, 4) is 11.5 Å². The molecule has 0 radical (unpaired) electrons. The summed E-state index contributed by atoms with van der Waals surface area (Å²) >= 11 is 0. The van der Waals surface area contributed by atoms with Crippen LogP contribution in [0.3, 0.4) is 0 Å². The molecule has 4 heteroatoms. The quantitative estimate of drug-likeness (QED) is 0.337. The highest BCUT2D eigenvalue weighted by atomic mass is 16.6. The van der Waals surface area contributed by atoms with E-state index in [2.05, 4.69) is 65.8 Å². The van der Waals surface area contributed by atoms with Crippen molar-refractivity contribution in [1.82, 2.24) is 0 Å². The average Bonchev–Trinajstić information content (AvgIpc) is 3.76. The molecule has 34 heavy (non-hydrogen) atoms. The molecule has 2 fully saturated rings. The van der Waals surface area contributed by atoms with E-state index >= 15 is 0 Å². The molecular weight excluding hydrogens is 424 g/mol. The normalized spacial score (nSPS) is 23.1. The van der Waals surface area contributed by atoms with E-state index in [1.807, 2.05) is 0 Å². The average molecular weight is 467 g/mol. The topological polar surface area (TPSA) is 43.5 Å². The van der Waals surface area contributed by atoms with E-state index in [-0.39, 0.29) is 12.2 Å². The Labute approximate surface area is 205 Å². The molecule has 2 saturated heterocycles. The third-order valence-electron chi connectivity index (χ3n) is 7.29. The third-order valence-corrected chi connectivity index (χ3v) is 7.29. The Morgan fingerprint density at radius 1 is 0.588 bits per heavy atom. The number of aryl methyl sites for hydroxylation is 6. The molecule has 0 aliphatic carbocycles. The van der Waals surface area contributed by atoms with Crippen molar-refractivity contribution in [2.24, 2.45) is 0 Å². The monoisotopic (exact) mass is 466 g/mol. The summed E-state index contributed by atoms with van der Waals surface area (Å²) in [5.74, 6) is 2.15. The predicted octanol–water partition coefficient (Wildman–Crippen LogP) is 6.05. The summed E-state index contributed by atoms with van der Waals surface area (Å²) in [7, 11) is 0. The molecule has 2 aliphatic rings. The molecular formula is C30H42O4. The second-order valence-corrected chi connectivity index (χ2v) is 9.78. The van der Waals surface area contributed by atoms with Gasteiger partial charge in [-0.3, -0.25) is 0 Å². The molecule has 186 valence electrons. The lowest BCUT2D eigenvalue weighted by Crippen LogP contribution is -2.10. The van der Waals surface area contributed by atoms with Crippen LogP contribution in [0.5, 0.6) is 11.5 Å². The summed E-state index contributed by atoms with van der Waals surface area (Å²) in [5, 5.41) is 0. The van der Waals surface area contributed by atoms with Crippen molar-refractivity contribution >= 4 is 0 Å². The third kappa shape index (κ3) is 5.95. The largest absolute Gasteiger partial charge is 0.490 e. The Kier molecular flexibility index (Phi) is 8.21. The first-order chi connectivity index (χ1) is 16.5. The zero-order chi connectivity index (χ0) is 24.2. The van der Waals surface area contributed by atoms with Gasteiger partial charge in [-0.05, 0) is 85.8 Å². The molecule has 0 aromatic heterocycles. The van der Waals surface area contributed by atoms with Crippen LogP contribution < -0.4 is 9.47 Å². The zero-order valence-electron chi connectivity index (χ0n) is 21.9. The van der Waals surface area contributed by atoms with E-state index in [0.717, 1.165) is 50.0 Å². The summed E-state index contributed by atoms with van der Waals surface area (Å²) in [6.07, 6.45) is 7.14. The van der Waals surface area contributed by atoms with Crippen LogP contribution in [-0.2, 0) is 48.0 Å². The van der Waals surface area contributed by atoms with Crippen molar-refractivity contribution in [3.63, 3.8) is 0 Å². The number of hydrogen-bond acceptors (Lipinski definition) is 4. The van der Waals surface area contributed by atoms with Gasteiger partial charge in [0.15, 0.2) is 0 Å². The summed E-state index contributed by atoms with van der Waals surface area (Å²) in [5.41, 5.74) is 8.04. The molecule has 0 saturated carbocycles. The Hall–Kier alpha value is -2.04. The minimum absolute atomic E-state index is 0.252. The fraction of sp³-hybridized carbons (Fsp3) is 0.600. The summed E-state index contributed by atoms with van der Waals surface area (Å²) in [6, 6.07) is 9.39. The van der Waals surface area contributed by atoms with Gasteiger partial charge in [0.2, 0.25) is 0 Å². The van der Waals surface area contributed by atoms with Crippen LogP contribution in [-0.4, -0.2) is 37.6 Å². The number of rotatable bonds is 13. The van der Waals surface area contributed by atoms with E-state index < -0.39 is 0 Å². The van der Waals surface area contributed by atoms with E-state index in [4.69, 9.17) is 18.9 Å². The van der Waals surface area contributed by atoms with Crippen molar-refractivity contribution in [3.05, 3.63) is 57.6 Å². The minimum atomic E-state index is 0.252. The second-order valence-electron chi connectivity index (χ2n) is 9.78. The molecule has 2 aromatic rings. The first-order valence-corrected chi connectivity index (χ1v) is 13.3. The fourth-order valence-corrected chi connectivity index (χ4v) is 4.79. The molecule has 2 aliphatic heterocycles. The van der Waals surface area contributed by atoms with Crippen molar-refractivity contribution in [1.29, 1.82) is 0 Å². The number of hydrogen-bond donors (Lipinski definition) is 0. The highest BCUT2D eigenvalue weighted by Gasteiger charge is 2.35. The maximum atomic E-state index is 6.24. The van der Waals surface area contributed by atoms with Crippen LogP contribution in [0.2, 0.25) is 0 Å². The van der Waals surface area contributed by atoms with E-state index in [1.54, 1.807) is 0 Å². The SMILES string of the molecule is CCc1cc(CCc2cc(CC)c(OCC3OC3C)c(CC)c2)cc(CC)c1OCC1OC1C. The maximum absolute atomic E-state index is 6.24. The van der Waals surface area contributed by atoms with Gasteiger partial charge in [0.05, 0.1) is 12.2 Å². The van der Waals surface area contributed by atoms with Crippen molar-refractivity contribution in [2.45, 2.75) is 104 Å². The standard InChI is InChI=1S/C30H42O4/c1-7-23-13-21(14-24(8-2)29(23)31-17-27-19(5)33-27)11-12-22-15-25(9-3)30(26(10-4)16-22)32-18-28-20(6)34-28/h13-16,19-20,27-28H,7-12,17-18H2,1-6H3. The smallest absolute Gasteiger partial charge is 0.125 e. The van der Waals surface area contributed by atoms with Gasteiger partial charge in [-0.2, -0.15) is 0 Å². The second kappa shape index (κ2) is 11.1. The Balaban J connectivity index is 1.47. The lowest BCUT2D eigenvalue weighted by Gasteiger charge is -2.18.